The number of methoxy groups -OCH3 is 1. The Morgan fingerprint density at radius 1 is 1.22 bits per heavy atom. The molecule has 0 saturated carbocycles. The Balaban J connectivity index is 2.68. The number of nitrogens with one attached hydrogen (secondary N) is 1. The summed E-state index contributed by atoms with van der Waals surface area (Å²) in [4.78, 5) is 0. The Kier molecular flexibility index (Phi) is 6.81. The van der Waals surface area contributed by atoms with Crippen LogP contribution in [0.15, 0.2) is 24.3 Å². The molecule has 0 bridgehead atoms. The zero-order chi connectivity index (χ0) is 13.4. The predicted octanol–water partition coefficient (Wildman–Crippen LogP) is 3.65. The molecule has 0 spiro atoms. The Morgan fingerprint density at radius 2 is 1.94 bits per heavy atom. The largest absolute Gasteiger partial charge is 0.496 e. The highest BCUT2D eigenvalue weighted by Crippen LogP contribution is 2.23. The summed E-state index contributed by atoms with van der Waals surface area (Å²) in [5.41, 5.74) is 1.31. The summed E-state index contributed by atoms with van der Waals surface area (Å²) in [6.07, 6.45) is 3.54. The maximum atomic E-state index is 5.43. The van der Waals surface area contributed by atoms with Gasteiger partial charge in [-0.1, -0.05) is 45.4 Å². The zero-order valence-electron chi connectivity index (χ0n) is 12.2. The van der Waals surface area contributed by atoms with Crippen LogP contribution >= 0.6 is 0 Å². The minimum atomic E-state index is 0.602. The Morgan fingerprint density at radius 3 is 2.56 bits per heavy atom. The number of hydrogen-bond donors (Lipinski definition) is 1. The monoisotopic (exact) mass is 249 g/mol. The molecule has 18 heavy (non-hydrogen) atoms. The molecule has 0 aliphatic heterocycles. The molecule has 2 nitrogen and oxygen atoms in total. The van der Waals surface area contributed by atoms with Crippen molar-refractivity contribution in [3.05, 3.63) is 29.8 Å². The van der Waals surface area contributed by atoms with E-state index in [0.717, 1.165) is 18.7 Å². The minimum Gasteiger partial charge on any atom is -0.496 e. The van der Waals surface area contributed by atoms with E-state index in [4.69, 9.17) is 4.74 Å². The third-order valence-corrected chi connectivity index (χ3v) is 3.49. The van der Waals surface area contributed by atoms with E-state index in [1.165, 1.54) is 18.4 Å². The molecule has 2 atom stereocenters. The van der Waals surface area contributed by atoms with Gasteiger partial charge in [-0.2, -0.15) is 0 Å². The molecule has 0 radical (unpaired) electrons. The van der Waals surface area contributed by atoms with E-state index >= 15 is 0 Å². The molecule has 2 unspecified atom stereocenters. The van der Waals surface area contributed by atoms with Gasteiger partial charge in [0.2, 0.25) is 0 Å². The topological polar surface area (TPSA) is 21.3 Å². The lowest BCUT2D eigenvalue weighted by atomic mass is 9.91. The van der Waals surface area contributed by atoms with Crippen molar-refractivity contribution >= 4 is 0 Å². The maximum Gasteiger partial charge on any atom is 0.122 e. The fourth-order valence-electron chi connectivity index (χ4n) is 2.52. The van der Waals surface area contributed by atoms with Gasteiger partial charge in [0.25, 0.3) is 0 Å². The summed E-state index contributed by atoms with van der Waals surface area (Å²) in [5.74, 6) is 1.64. The summed E-state index contributed by atoms with van der Waals surface area (Å²) in [5, 5.41) is 3.60. The average molecular weight is 249 g/mol. The van der Waals surface area contributed by atoms with Crippen LogP contribution in [0.5, 0.6) is 5.75 Å². The summed E-state index contributed by atoms with van der Waals surface area (Å²) in [7, 11) is 1.75. The Hall–Kier alpha value is -1.02. The average Bonchev–Trinajstić information content (AvgIpc) is 2.39. The molecular weight excluding hydrogens is 222 g/mol. The Bertz CT molecular complexity index is 332. The summed E-state index contributed by atoms with van der Waals surface area (Å²) < 4.78 is 5.43. The maximum absolute atomic E-state index is 5.43. The predicted molar refractivity (Wildman–Crippen MR) is 78.2 cm³/mol. The van der Waals surface area contributed by atoms with Gasteiger partial charge in [-0.15, -0.1) is 0 Å². The lowest BCUT2D eigenvalue weighted by Gasteiger charge is -2.25. The van der Waals surface area contributed by atoms with E-state index < -0.39 is 0 Å². The molecule has 1 aromatic carbocycles. The van der Waals surface area contributed by atoms with Crippen LogP contribution in [0.1, 0.15) is 39.2 Å². The van der Waals surface area contributed by atoms with Crippen LogP contribution in [0, 0.1) is 5.92 Å². The summed E-state index contributed by atoms with van der Waals surface area (Å²) >= 11 is 0. The lowest BCUT2D eigenvalue weighted by Crippen LogP contribution is -2.35. The fourth-order valence-corrected chi connectivity index (χ4v) is 2.52. The molecule has 102 valence electrons. The second-order valence-electron chi connectivity index (χ2n) is 4.95. The molecule has 0 heterocycles. The smallest absolute Gasteiger partial charge is 0.122 e. The standard InChI is InChI=1S/C16H27NO/c1-5-9-15(17-6-2)13(3)12-14-10-7-8-11-16(14)18-4/h7-8,10-11,13,15,17H,5-6,9,12H2,1-4H3. The quantitative estimate of drug-likeness (QED) is 0.759. The number of rotatable bonds is 8. The molecule has 1 aromatic rings. The first-order valence-corrected chi connectivity index (χ1v) is 7.08. The van der Waals surface area contributed by atoms with Gasteiger partial charge in [0.15, 0.2) is 0 Å². The highest BCUT2D eigenvalue weighted by Gasteiger charge is 2.17. The number of benzene rings is 1. The van der Waals surface area contributed by atoms with Crippen LogP contribution in [-0.2, 0) is 6.42 Å². The molecule has 0 aliphatic carbocycles. The first-order valence-electron chi connectivity index (χ1n) is 7.08. The zero-order valence-corrected chi connectivity index (χ0v) is 12.2. The second-order valence-corrected chi connectivity index (χ2v) is 4.95. The van der Waals surface area contributed by atoms with Crippen molar-refractivity contribution in [1.29, 1.82) is 0 Å². The van der Waals surface area contributed by atoms with E-state index in [1.54, 1.807) is 7.11 Å². The molecule has 1 rings (SSSR count). The fraction of sp³-hybridized carbons (Fsp3) is 0.625. The van der Waals surface area contributed by atoms with Gasteiger partial charge in [0.05, 0.1) is 7.11 Å². The van der Waals surface area contributed by atoms with Crippen LogP contribution in [0.3, 0.4) is 0 Å². The third kappa shape index (κ3) is 4.34. The first kappa shape index (κ1) is 15.0. The van der Waals surface area contributed by atoms with Crippen LogP contribution in [-0.4, -0.2) is 19.7 Å². The normalized spacial score (nSPS) is 14.2. The van der Waals surface area contributed by atoms with Crippen LogP contribution < -0.4 is 10.1 Å². The van der Waals surface area contributed by atoms with Gasteiger partial charge in [-0.05, 0) is 36.9 Å². The van der Waals surface area contributed by atoms with E-state index in [-0.39, 0.29) is 0 Å². The molecule has 0 amide bonds. The number of hydrogen-bond acceptors (Lipinski definition) is 2. The van der Waals surface area contributed by atoms with Crippen molar-refractivity contribution in [2.45, 2.75) is 46.1 Å². The van der Waals surface area contributed by atoms with E-state index in [0.29, 0.717) is 12.0 Å². The van der Waals surface area contributed by atoms with Gasteiger partial charge < -0.3 is 10.1 Å². The molecule has 2 heteroatoms. The van der Waals surface area contributed by atoms with Crippen molar-refractivity contribution in [3.63, 3.8) is 0 Å². The van der Waals surface area contributed by atoms with Crippen molar-refractivity contribution in [2.75, 3.05) is 13.7 Å². The molecular formula is C16H27NO. The minimum absolute atomic E-state index is 0.602. The summed E-state index contributed by atoms with van der Waals surface area (Å²) in [6.45, 7) is 7.80. The van der Waals surface area contributed by atoms with Crippen molar-refractivity contribution in [1.82, 2.24) is 5.32 Å². The molecule has 0 saturated heterocycles. The third-order valence-electron chi connectivity index (χ3n) is 3.49. The number of ether oxygens (including phenoxy) is 1. The van der Waals surface area contributed by atoms with Crippen molar-refractivity contribution in [2.24, 2.45) is 5.92 Å². The van der Waals surface area contributed by atoms with E-state index in [1.807, 2.05) is 12.1 Å². The molecule has 0 aromatic heterocycles. The van der Waals surface area contributed by atoms with E-state index in [9.17, 15) is 0 Å². The van der Waals surface area contributed by atoms with Crippen LogP contribution in [0.25, 0.3) is 0 Å². The Labute approximate surface area is 112 Å². The van der Waals surface area contributed by atoms with Crippen LogP contribution in [0.2, 0.25) is 0 Å². The second kappa shape index (κ2) is 8.15. The first-order chi connectivity index (χ1) is 8.72. The molecule has 0 fully saturated rings. The molecule has 0 aliphatic rings. The number of para-hydroxylation sites is 1. The SMILES string of the molecule is CCCC(NCC)C(C)Cc1ccccc1OC. The lowest BCUT2D eigenvalue weighted by molar-refractivity contribution is 0.350. The summed E-state index contributed by atoms with van der Waals surface area (Å²) in [6, 6.07) is 8.94. The van der Waals surface area contributed by atoms with E-state index in [2.05, 4.69) is 38.2 Å². The van der Waals surface area contributed by atoms with Gasteiger partial charge in [0.1, 0.15) is 5.75 Å². The van der Waals surface area contributed by atoms with Gasteiger partial charge in [-0.25, -0.2) is 0 Å². The highest BCUT2D eigenvalue weighted by molar-refractivity contribution is 5.33. The van der Waals surface area contributed by atoms with Gasteiger partial charge >= 0.3 is 0 Å². The van der Waals surface area contributed by atoms with Gasteiger partial charge in [0, 0.05) is 6.04 Å². The van der Waals surface area contributed by atoms with Gasteiger partial charge in [-0.3, -0.25) is 0 Å². The highest BCUT2D eigenvalue weighted by atomic mass is 16.5. The van der Waals surface area contributed by atoms with Crippen molar-refractivity contribution in [3.8, 4) is 5.75 Å². The molecule has 1 N–H and O–H groups in total. The van der Waals surface area contributed by atoms with Crippen molar-refractivity contribution < 1.29 is 4.74 Å². The van der Waals surface area contributed by atoms with Crippen LogP contribution in [0.4, 0.5) is 0 Å².